The highest BCUT2D eigenvalue weighted by Gasteiger charge is 2.14. The van der Waals surface area contributed by atoms with Crippen molar-refractivity contribution in [3.05, 3.63) is 59.7 Å². The lowest BCUT2D eigenvalue weighted by atomic mass is 10.1. The molecule has 3 nitrogen and oxygen atoms in total. The van der Waals surface area contributed by atoms with Gasteiger partial charge in [-0.05, 0) is 31.5 Å². The largest absolute Gasteiger partial charge is 0.497 e. The molecule has 2 rings (SSSR count). The molecule has 0 aromatic heterocycles. The van der Waals surface area contributed by atoms with Gasteiger partial charge in [-0.2, -0.15) is 0 Å². The summed E-state index contributed by atoms with van der Waals surface area (Å²) in [4.78, 5) is 0. The van der Waals surface area contributed by atoms with Gasteiger partial charge in [0.15, 0.2) is 0 Å². The van der Waals surface area contributed by atoms with E-state index in [2.05, 4.69) is 0 Å². The van der Waals surface area contributed by atoms with Crippen LogP contribution in [0, 0.1) is 0 Å². The van der Waals surface area contributed by atoms with Crippen molar-refractivity contribution in [2.24, 2.45) is 0 Å². The number of methoxy groups -OCH3 is 1. The molecular formula is C17H20O3. The van der Waals surface area contributed by atoms with Crippen LogP contribution >= 0.6 is 0 Å². The second-order valence-corrected chi connectivity index (χ2v) is 4.75. The van der Waals surface area contributed by atoms with E-state index in [0.717, 1.165) is 11.1 Å². The van der Waals surface area contributed by atoms with Crippen molar-refractivity contribution in [3.63, 3.8) is 0 Å². The molecule has 0 saturated carbocycles. The molecule has 0 aliphatic carbocycles. The number of benzene rings is 2. The zero-order valence-corrected chi connectivity index (χ0v) is 12.0. The molecule has 20 heavy (non-hydrogen) atoms. The Hall–Kier alpha value is -2.00. The Balaban J connectivity index is 2.27. The van der Waals surface area contributed by atoms with Crippen molar-refractivity contribution in [3.8, 4) is 11.5 Å². The van der Waals surface area contributed by atoms with E-state index in [1.165, 1.54) is 0 Å². The van der Waals surface area contributed by atoms with E-state index in [0.29, 0.717) is 11.5 Å². The zero-order valence-electron chi connectivity index (χ0n) is 12.0. The fourth-order valence-electron chi connectivity index (χ4n) is 2.07. The summed E-state index contributed by atoms with van der Waals surface area (Å²) in [7, 11) is 1.61. The van der Waals surface area contributed by atoms with E-state index < -0.39 is 6.10 Å². The number of hydrogen-bond donors (Lipinski definition) is 1. The summed E-state index contributed by atoms with van der Waals surface area (Å²) in [5, 5.41) is 9.83. The summed E-state index contributed by atoms with van der Waals surface area (Å²) in [6, 6.07) is 15.4. The molecule has 0 saturated heterocycles. The second-order valence-electron chi connectivity index (χ2n) is 4.75. The molecule has 0 radical (unpaired) electrons. The summed E-state index contributed by atoms with van der Waals surface area (Å²) < 4.78 is 11.2. The molecule has 2 atom stereocenters. The molecule has 0 spiro atoms. The fraction of sp³-hybridized carbons (Fsp3) is 0.294. The first-order valence-electron chi connectivity index (χ1n) is 6.69. The van der Waals surface area contributed by atoms with Gasteiger partial charge in [0.25, 0.3) is 0 Å². The van der Waals surface area contributed by atoms with E-state index in [9.17, 15) is 5.11 Å². The van der Waals surface area contributed by atoms with Gasteiger partial charge < -0.3 is 14.6 Å². The minimum absolute atomic E-state index is 0.0965. The molecule has 0 heterocycles. The standard InChI is InChI=1S/C17H20O3/c1-12(18)16-10-9-15(19-3)11-17(16)20-13(2)14-7-5-4-6-8-14/h4-13,18H,1-3H3/t12-,13?/m1/s1. The summed E-state index contributed by atoms with van der Waals surface area (Å²) in [6.45, 7) is 3.71. The Morgan fingerprint density at radius 1 is 1.00 bits per heavy atom. The Labute approximate surface area is 119 Å². The maximum atomic E-state index is 9.83. The van der Waals surface area contributed by atoms with Gasteiger partial charge in [0.05, 0.1) is 13.2 Å². The molecule has 0 fully saturated rings. The predicted octanol–water partition coefficient (Wildman–Crippen LogP) is 3.89. The third-order valence-corrected chi connectivity index (χ3v) is 3.24. The van der Waals surface area contributed by atoms with Gasteiger partial charge in [0, 0.05) is 11.6 Å². The number of ether oxygens (including phenoxy) is 2. The fourth-order valence-corrected chi connectivity index (χ4v) is 2.07. The van der Waals surface area contributed by atoms with Crippen LogP contribution in [0.15, 0.2) is 48.5 Å². The molecule has 2 aromatic rings. The lowest BCUT2D eigenvalue weighted by Gasteiger charge is -2.19. The lowest BCUT2D eigenvalue weighted by molar-refractivity contribution is 0.178. The van der Waals surface area contributed by atoms with Crippen LogP contribution in [0.1, 0.15) is 37.2 Å². The van der Waals surface area contributed by atoms with Crippen LogP contribution in [0.2, 0.25) is 0 Å². The van der Waals surface area contributed by atoms with Gasteiger partial charge in [-0.1, -0.05) is 30.3 Å². The first-order chi connectivity index (χ1) is 9.61. The quantitative estimate of drug-likeness (QED) is 0.897. The highest BCUT2D eigenvalue weighted by atomic mass is 16.5. The highest BCUT2D eigenvalue weighted by molar-refractivity contribution is 5.42. The van der Waals surface area contributed by atoms with Crippen LogP contribution in [0.25, 0.3) is 0 Å². The van der Waals surface area contributed by atoms with Crippen LogP contribution in [-0.2, 0) is 0 Å². The van der Waals surface area contributed by atoms with Gasteiger partial charge >= 0.3 is 0 Å². The summed E-state index contributed by atoms with van der Waals surface area (Å²) in [5.74, 6) is 1.36. The van der Waals surface area contributed by atoms with Crippen molar-refractivity contribution in [2.45, 2.75) is 26.1 Å². The molecule has 106 valence electrons. The van der Waals surface area contributed by atoms with Crippen LogP contribution in [0.3, 0.4) is 0 Å². The highest BCUT2D eigenvalue weighted by Crippen LogP contribution is 2.32. The van der Waals surface area contributed by atoms with Gasteiger partial charge in [0.1, 0.15) is 17.6 Å². The Morgan fingerprint density at radius 3 is 2.30 bits per heavy atom. The average molecular weight is 272 g/mol. The molecule has 1 unspecified atom stereocenters. The van der Waals surface area contributed by atoms with Gasteiger partial charge in [0.2, 0.25) is 0 Å². The maximum Gasteiger partial charge on any atom is 0.129 e. The van der Waals surface area contributed by atoms with Crippen molar-refractivity contribution in [2.75, 3.05) is 7.11 Å². The number of aliphatic hydroxyl groups is 1. The van der Waals surface area contributed by atoms with Crippen molar-refractivity contribution >= 4 is 0 Å². The first-order valence-corrected chi connectivity index (χ1v) is 6.69. The summed E-state index contributed by atoms with van der Waals surface area (Å²) in [5.41, 5.74) is 1.85. The van der Waals surface area contributed by atoms with E-state index in [1.807, 2.05) is 55.5 Å². The number of aliphatic hydroxyl groups excluding tert-OH is 1. The SMILES string of the molecule is COc1ccc([C@@H](C)O)c(OC(C)c2ccccc2)c1. The number of hydrogen-bond acceptors (Lipinski definition) is 3. The Morgan fingerprint density at radius 2 is 1.70 bits per heavy atom. The number of rotatable bonds is 5. The van der Waals surface area contributed by atoms with Gasteiger partial charge in [-0.3, -0.25) is 0 Å². The first kappa shape index (κ1) is 14.4. The average Bonchev–Trinajstić information content (AvgIpc) is 2.47. The van der Waals surface area contributed by atoms with E-state index >= 15 is 0 Å². The second kappa shape index (κ2) is 6.44. The monoisotopic (exact) mass is 272 g/mol. The van der Waals surface area contributed by atoms with E-state index in [-0.39, 0.29) is 6.10 Å². The van der Waals surface area contributed by atoms with E-state index in [4.69, 9.17) is 9.47 Å². The van der Waals surface area contributed by atoms with E-state index in [1.54, 1.807) is 14.0 Å². The van der Waals surface area contributed by atoms with Crippen molar-refractivity contribution in [1.29, 1.82) is 0 Å². The van der Waals surface area contributed by atoms with Crippen molar-refractivity contribution < 1.29 is 14.6 Å². The molecule has 0 aliphatic rings. The third-order valence-electron chi connectivity index (χ3n) is 3.24. The summed E-state index contributed by atoms with van der Waals surface area (Å²) >= 11 is 0. The Bertz CT molecular complexity index is 549. The maximum absolute atomic E-state index is 9.83. The molecule has 2 aromatic carbocycles. The molecule has 0 aliphatic heterocycles. The normalized spacial score (nSPS) is 13.6. The molecule has 0 bridgehead atoms. The minimum atomic E-state index is -0.584. The van der Waals surface area contributed by atoms with Crippen LogP contribution in [-0.4, -0.2) is 12.2 Å². The molecular weight excluding hydrogens is 252 g/mol. The Kier molecular flexibility index (Phi) is 4.64. The van der Waals surface area contributed by atoms with Crippen LogP contribution in [0.4, 0.5) is 0 Å². The third kappa shape index (κ3) is 3.31. The predicted molar refractivity (Wildman–Crippen MR) is 79.1 cm³/mol. The van der Waals surface area contributed by atoms with Crippen LogP contribution in [0.5, 0.6) is 11.5 Å². The smallest absolute Gasteiger partial charge is 0.129 e. The minimum Gasteiger partial charge on any atom is -0.497 e. The molecule has 1 N–H and O–H groups in total. The van der Waals surface area contributed by atoms with Crippen molar-refractivity contribution in [1.82, 2.24) is 0 Å². The molecule has 3 heteroatoms. The van der Waals surface area contributed by atoms with Crippen LogP contribution < -0.4 is 9.47 Å². The molecule has 0 amide bonds. The topological polar surface area (TPSA) is 38.7 Å². The lowest BCUT2D eigenvalue weighted by Crippen LogP contribution is -2.06. The zero-order chi connectivity index (χ0) is 14.5. The van der Waals surface area contributed by atoms with Gasteiger partial charge in [-0.25, -0.2) is 0 Å². The summed E-state index contributed by atoms with van der Waals surface area (Å²) in [6.07, 6.45) is -0.681. The van der Waals surface area contributed by atoms with Gasteiger partial charge in [-0.15, -0.1) is 0 Å².